The number of nitrogens with zero attached hydrogens (tertiary/aromatic N) is 3. The van der Waals surface area contributed by atoms with Gasteiger partial charge >= 0.3 is 0 Å². The molecule has 0 spiro atoms. The molecule has 6 heteroatoms. The summed E-state index contributed by atoms with van der Waals surface area (Å²) in [6.45, 7) is 8.04. The molecule has 0 bridgehead atoms. The van der Waals surface area contributed by atoms with Crippen molar-refractivity contribution in [2.24, 2.45) is 5.92 Å². The summed E-state index contributed by atoms with van der Waals surface area (Å²) in [7, 11) is 1.96. The summed E-state index contributed by atoms with van der Waals surface area (Å²) >= 11 is 0. The lowest BCUT2D eigenvalue weighted by molar-refractivity contribution is 0.173. The lowest BCUT2D eigenvalue weighted by atomic mass is 9.99. The molecule has 2 atom stereocenters. The van der Waals surface area contributed by atoms with E-state index in [1.165, 1.54) is 0 Å². The molecule has 1 aromatic heterocycles. The molecule has 1 saturated heterocycles. The van der Waals surface area contributed by atoms with Gasteiger partial charge in [-0.1, -0.05) is 6.92 Å². The van der Waals surface area contributed by atoms with Gasteiger partial charge in [0.05, 0.1) is 25.0 Å². The predicted molar refractivity (Wildman–Crippen MR) is 83.8 cm³/mol. The number of likely N-dealkylation sites (N-methyl/N-ethyl adjacent to an activating group) is 1. The molecule has 6 nitrogen and oxygen atoms in total. The van der Waals surface area contributed by atoms with E-state index in [1.807, 2.05) is 18.9 Å². The van der Waals surface area contributed by atoms with E-state index in [4.69, 9.17) is 4.74 Å². The third kappa shape index (κ3) is 4.04. The highest BCUT2D eigenvalue weighted by Gasteiger charge is 2.26. The summed E-state index contributed by atoms with van der Waals surface area (Å²) in [5, 5.41) is 7.78. The zero-order valence-corrected chi connectivity index (χ0v) is 13.2. The molecule has 1 aliphatic rings. The van der Waals surface area contributed by atoms with Crippen molar-refractivity contribution in [1.82, 2.24) is 15.1 Å². The van der Waals surface area contributed by atoms with Gasteiger partial charge in [-0.2, -0.15) is 5.10 Å². The van der Waals surface area contributed by atoms with Gasteiger partial charge in [-0.3, -0.25) is 4.79 Å². The van der Waals surface area contributed by atoms with Crippen molar-refractivity contribution >= 4 is 5.69 Å². The molecule has 118 valence electrons. The highest BCUT2D eigenvalue weighted by Crippen LogP contribution is 2.17. The first-order valence-corrected chi connectivity index (χ1v) is 7.75. The van der Waals surface area contributed by atoms with Crippen LogP contribution < -0.4 is 15.8 Å². The number of nitrogens with one attached hydrogen (secondary N) is 1. The molecule has 0 aliphatic carbocycles. The monoisotopic (exact) mass is 294 g/mol. The Balaban J connectivity index is 2.11. The average Bonchev–Trinajstić information content (AvgIpc) is 3.02. The maximum absolute atomic E-state index is 12.2. The second-order valence-electron chi connectivity index (χ2n) is 5.54. The Morgan fingerprint density at radius 2 is 2.38 bits per heavy atom. The van der Waals surface area contributed by atoms with Crippen LogP contribution in [-0.2, 0) is 11.3 Å². The van der Waals surface area contributed by atoms with Crippen molar-refractivity contribution < 1.29 is 4.74 Å². The fourth-order valence-electron chi connectivity index (χ4n) is 2.65. The van der Waals surface area contributed by atoms with Gasteiger partial charge in [0.25, 0.3) is 5.56 Å². The largest absolute Gasteiger partial charge is 0.381 e. The second kappa shape index (κ2) is 7.56. The second-order valence-corrected chi connectivity index (χ2v) is 5.54. The average molecular weight is 294 g/mol. The number of hydrogen-bond donors (Lipinski definition) is 1. The zero-order chi connectivity index (χ0) is 15.2. The molecule has 1 fully saturated rings. The fraction of sp³-hybridized carbons (Fsp3) is 0.733. The van der Waals surface area contributed by atoms with E-state index in [-0.39, 0.29) is 11.6 Å². The highest BCUT2D eigenvalue weighted by molar-refractivity contribution is 5.41. The van der Waals surface area contributed by atoms with E-state index in [9.17, 15) is 4.79 Å². The molecule has 0 amide bonds. The number of rotatable bonds is 7. The van der Waals surface area contributed by atoms with E-state index in [1.54, 1.807) is 16.9 Å². The summed E-state index contributed by atoms with van der Waals surface area (Å²) in [6, 6.07) is 1.89. The molecule has 1 aromatic rings. The SMILES string of the molecule is CCNC(Cn1ncc(N(C)CC)cc1=O)C1CCOC1. The van der Waals surface area contributed by atoms with Crippen molar-refractivity contribution in [3.8, 4) is 0 Å². The zero-order valence-electron chi connectivity index (χ0n) is 13.2. The van der Waals surface area contributed by atoms with Crippen LogP contribution >= 0.6 is 0 Å². The minimum atomic E-state index is -0.0466. The van der Waals surface area contributed by atoms with Gasteiger partial charge in [0.15, 0.2) is 0 Å². The summed E-state index contributed by atoms with van der Waals surface area (Å²) in [5.74, 6) is 0.455. The van der Waals surface area contributed by atoms with Crippen molar-refractivity contribution in [2.75, 3.05) is 38.3 Å². The first-order valence-electron chi connectivity index (χ1n) is 7.75. The molecule has 0 aromatic carbocycles. The third-order valence-corrected chi connectivity index (χ3v) is 4.14. The third-order valence-electron chi connectivity index (χ3n) is 4.14. The Morgan fingerprint density at radius 3 is 2.95 bits per heavy atom. The number of ether oxygens (including phenoxy) is 1. The molecule has 2 heterocycles. The number of hydrogen-bond acceptors (Lipinski definition) is 5. The molecule has 0 radical (unpaired) electrons. The maximum atomic E-state index is 12.2. The van der Waals surface area contributed by atoms with E-state index >= 15 is 0 Å². The van der Waals surface area contributed by atoms with Gasteiger partial charge in [-0.15, -0.1) is 0 Å². The Labute approximate surface area is 126 Å². The van der Waals surface area contributed by atoms with E-state index in [2.05, 4.69) is 17.3 Å². The van der Waals surface area contributed by atoms with Gasteiger partial charge < -0.3 is 15.0 Å². The van der Waals surface area contributed by atoms with Crippen LogP contribution in [0.5, 0.6) is 0 Å². The fourth-order valence-corrected chi connectivity index (χ4v) is 2.65. The van der Waals surface area contributed by atoms with Crippen molar-refractivity contribution in [3.05, 3.63) is 22.6 Å². The number of aromatic nitrogens is 2. The Bertz CT molecular complexity index is 497. The van der Waals surface area contributed by atoms with Gasteiger partial charge in [-0.05, 0) is 19.9 Å². The van der Waals surface area contributed by atoms with Crippen LogP contribution in [-0.4, -0.2) is 49.2 Å². The summed E-state index contributed by atoms with van der Waals surface area (Å²) in [5.41, 5.74) is 0.817. The lowest BCUT2D eigenvalue weighted by Gasteiger charge is -2.24. The van der Waals surface area contributed by atoms with Crippen molar-refractivity contribution in [2.45, 2.75) is 32.9 Å². The van der Waals surface area contributed by atoms with Gasteiger partial charge in [0.2, 0.25) is 0 Å². The van der Waals surface area contributed by atoms with Crippen LogP contribution in [0, 0.1) is 5.92 Å². The lowest BCUT2D eigenvalue weighted by Crippen LogP contribution is -2.43. The van der Waals surface area contributed by atoms with Crippen LogP contribution in [0.1, 0.15) is 20.3 Å². The van der Waals surface area contributed by atoms with Crippen LogP contribution in [0.2, 0.25) is 0 Å². The Morgan fingerprint density at radius 1 is 1.57 bits per heavy atom. The molecule has 1 aliphatic heterocycles. The van der Waals surface area contributed by atoms with Crippen LogP contribution in [0.15, 0.2) is 17.1 Å². The van der Waals surface area contributed by atoms with Gasteiger partial charge in [0, 0.05) is 38.2 Å². The van der Waals surface area contributed by atoms with E-state index in [0.29, 0.717) is 12.5 Å². The minimum Gasteiger partial charge on any atom is -0.381 e. The summed E-state index contributed by atoms with van der Waals surface area (Å²) in [6.07, 6.45) is 2.81. The van der Waals surface area contributed by atoms with Crippen LogP contribution in [0.4, 0.5) is 5.69 Å². The number of anilines is 1. The summed E-state index contributed by atoms with van der Waals surface area (Å²) < 4.78 is 7.02. The van der Waals surface area contributed by atoms with Crippen molar-refractivity contribution in [3.63, 3.8) is 0 Å². The summed E-state index contributed by atoms with van der Waals surface area (Å²) in [4.78, 5) is 14.2. The molecular formula is C15H26N4O2. The molecule has 1 N–H and O–H groups in total. The van der Waals surface area contributed by atoms with Gasteiger partial charge in [0.1, 0.15) is 0 Å². The van der Waals surface area contributed by atoms with E-state index < -0.39 is 0 Å². The quantitative estimate of drug-likeness (QED) is 0.803. The Kier molecular flexibility index (Phi) is 5.76. The van der Waals surface area contributed by atoms with Gasteiger partial charge in [-0.25, -0.2) is 4.68 Å². The first kappa shape index (κ1) is 16.0. The Hall–Kier alpha value is -1.40. The molecule has 21 heavy (non-hydrogen) atoms. The predicted octanol–water partition coefficient (Wildman–Crippen LogP) is 0.714. The standard InChI is InChI=1S/C15H26N4O2/c1-4-16-14(12-6-7-21-11-12)10-19-15(20)8-13(9-17-19)18(3)5-2/h8-9,12,14,16H,4-7,10-11H2,1-3H3. The van der Waals surface area contributed by atoms with E-state index in [0.717, 1.165) is 38.4 Å². The topological polar surface area (TPSA) is 59.4 Å². The molecular weight excluding hydrogens is 268 g/mol. The molecule has 0 saturated carbocycles. The first-order chi connectivity index (χ1) is 10.2. The molecule has 2 rings (SSSR count). The smallest absolute Gasteiger partial charge is 0.268 e. The van der Waals surface area contributed by atoms with Crippen LogP contribution in [0.3, 0.4) is 0 Å². The maximum Gasteiger partial charge on any atom is 0.268 e. The normalized spacial score (nSPS) is 19.7. The minimum absolute atomic E-state index is 0.0466. The van der Waals surface area contributed by atoms with Crippen LogP contribution in [0.25, 0.3) is 0 Å². The van der Waals surface area contributed by atoms with Crippen molar-refractivity contribution in [1.29, 1.82) is 0 Å². The highest BCUT2D eigenvalue weighted by atomic mass is 16.5. The molecule has 2 unspecified atom stereocenters.